The van der Waals surface area contributed by atoms with Gasteiger partial charge in [0.25, 0.3) is 0 Å². The number of aromatic hydroxyl groups is 2. The van der Waals surface area contributed by atoms with E-state index in [0.29, 0.717) is 12.8 Å². The minimum absolute atomic E-state index is 0.0723. The molecule has 0 bridgehead atoms. The number of hydrogen-bond donors (Lipinski definition) is 2. The maximum Gasteiger partial charge on any atom is 0.178 e. The number of carbonyl (C=O) groups excluding carboxylic acids is 1. The number of phenolic OH excluding ortho intramolecular Hbond substituents is 2. The van der Waals surface area contributed by atoms with E-state index in [9.17, 15) is 15.0 Å². The van der Waals surface area contributed by atoms with Gasteiger partial charge in [-0.15, -0.1) is 0 Å². The van der Waals surface area contributed by atoms with Crippen LogP contribution < -0.4 is 0 Å². The van der Waals surface area contributed by atoms with E-state index in [0.717, 1.165) is 11.1 Å². The highest BCUT2D eigenvalue weighted by molar-refractivity contribution is 5.99. The minimum atomic E-state index is -0.0723. The summed E-state index contributed by atoms with van der Waals surface area (Å²) in [6.45, 7) is 0. The maximum atomic E-state index is 11.7. The van der Waals surface area contributed by atoms with Crippen molar-refractivity contribution in [3.63, 3.8) is 0 Å². The van der Waals surface area contributed by atoms with Crippen LogP contribution in [0.2, 0.25) is 0 Å². The zero-order chi connectivity index (χ0) is 18.6. The van der Waals surface area contributed by atoms with Crippen LogP contribution in [0.3, 0.4) is 0 Å². The molecule has 0 amide bonds. The summed E-state index contributed by atoms with van der Waals surface area (Å²) in [7, 11) is 0. The van der Waals surface area contributed by atoms with Crippen LogP contribution in [0, 0.1) is 0 Å². The molecule has 0 fully saturated rings. The molecule has 0 aromatic heterocycles. The molecule has 2 rings (SSSR count). The van der Waals surface area contributed by atoms with Gasteiger partial charge in [0.15, 0.2) is 5.78 Å². The van der Waals surface area contributed by atoms with Gasteiger partial charge in [-0.2, -0.15) is 0 Å². The Bertz CT molecular complexity index is 773. The molecule has 0 aliphatic rings. The molecule has 132 valence electrons. The van der Waals surface area contributed by atoms with Gasteiger partial charge in [0.2, 0.25) is 0 Å². The summed E-state index contributed by atoms with van der Waals surface area (Å²) in [6.07, 6.45) is 15.3. The standard InChI is InChI=1S/C23H22O3/c24-21(15-5-1-3-11-19-13-7-9-17-22(19)25)16-6-2-4-12-20-14-8-10-18-23(20)26/h3-18,25-26H,1-2H2. The van der Waals surface area contributed by atoms with Crippen LogP contribution in [-0.4, -0.2) is 16.0 Å². The second-order valence-electron chi connectivity index (χ2n) is 5.60. The van der Waals surface area contributed by atoms with Gasteiger partial charge in [-0.3, -0.25) is 4.79 Å². The van der Waals surface area contributed by atoms with Gasteiger partial charge in [-0.25, -0.2) is 0 Å². The van der Waals surface area contributed by atoms with Crippen molar-refractivity contribution in [1.82, 2.24) is 0 Å². The lowest BCUT2D eigenvalue weighted by Crippen LogP contribution is -1.83. The molecule has 3 heteroatoms. The summed E-state index contributed by atoms with van der Waals surface area (Å²) < 4.78 is 0. The Kier molecular flexibility index (Phi) is 7.69. The van der Waals surface area contributed by atoms with Crippen LogP contribution in [0.15, 0.2) is 85.0 Å². The monoisotopic (exact) mass is 346 g/mol. The van der Waals surface area contributed by atoms with Gasteiger partial charge in [0.05, 0.1) is 0 Å². The van der Waals surface area contributed by atoms with Gasteiger partial charge in [0, 0.05) is 11.1 Å². The first kappa shape index (κ1) is 19.0. The van der Waals surface area contributed by atoms with E-state index in [4.69, 9.17) is 0 Å². The first-order valence-corrected chi connectivity index (χ1v) is 8.43. The zero-order valence-corrected chi connectivity index (χ0v) is 14.5. The van der Waals surface area contributed by atoms with Crippen molar-refractivity contribution in [1.29, 1.82) is 0 Å². The topological polar surface area (TPSA) is 57.5 Å². The molecular weight excluding hydrogens is 324 g/mol. The molecule has 2 aromatic carbocycles. The van der Waals surface area contributed by atoms with Crippen LogP contribution in [0.5, 0.6) is 11.5 Å². The maximum absolute atomic E-state index is 11.7. The lowest BCUT2D eigenvalue weighted by molar-refractivity contribution is -0.110. The Balaban J connectivity index is 1.72. The molecule has 0 radical (unpaired) electrons. The lowest BCUT2D eigenvalue weighted by atomic mass is 10.1. The highest BCUT2D eigenvalue weighted by atomic mass is 16.3. The summed E-state index contributed by atoms with van der Waals surface area (Å²) in [6, 6.07) is 14.2. The van der Waals surface area contributed by atoms with E-state index in [-0.39, 0.29) is 17.3 Å². The Morgan fingerprint density at radius 1 is 0.692 bits per heavy atom. The SMILES string of the molecule is O=C(C=CCC=Cc1ccccc1O)C=CCC=Cc1ccccc1O. The number of rotatable bonds is 8. The summed E-state index contributed by atoms with van der Waals surface area (Å²) >= 11 is 0. The van der Waals surface area contributed by atoms with Gasteiger partial charge in [-0.05, 0) is 37.1 Å². The third-order valence-electron chi connectivity index (χ3n) is 3.58. The predicted molar refractivity (Wildman–Crippen MR) is 107 cm³/mol. The normalized spacial score (nSPS) is 12.0. The Labute approximate surface area is 153 Å². The average molecular weight is 346 g/mol. The van der Waals surface area contributed by atoms with E-state index >= 15 is 0 Å². The molecule has 0 heterocycles. The van der Waals surface area contributed by atoms with E-state index < -0.39 is 0 Å². The summed E-state index contributed by atoms with van der Waals surface area (Å²) in [5, 5.41) is 19.3. The van der Waals surface area contributed by atoms with Crippen LogP contribution in [0.25, 0.3) is 12.2 Å². The molecule has 0 unspecified atom stereocenters. The van der Waals surface area contributed by atoms with Crippen LogP contribution in [0.1, 0.15) is 24.0 Å². The number of ketones is 1. The summed E-state index contributed by atoms with van der Waals surface area (Å²) in [4.78, 5) is 11.7. The van der Waals surface area contributed by atoms with Crippen molar-refractivity contribution in [2.24, 2.45) is 0 Å². The number of hydrogen-bond acceptors (Lipinski definition) is 3. The fourth-order valence-electron chi connectivity index (χ4n) is 2.23. The highest BCUT2D eigenvalue weighted by Gasteiger charge is 1.93. The van der Waals surface area contributed by atoms with Crippen molar-refractivity contribution in [3.05, 3.63) is 96.1 Å². The third kappa shape index (κ3) is 6.65. The van der Waals surface area contributed by atoms with Crippen molar-refractivity contribution >= 4 is 17.9 Å². The quantitative estimate of drug-likeness (QED) is 0.639. The second kappa shape index (κ2) is 10.5. The predicted octanol–water partition coefficient (Wildman–Crippen LogP) is 5.29. The van der Waals surface area contributed by atoms with Gasteiger partial charge >= 0.3 is 0 Å². The van der Waals surface area contributed by atoms with Gasteiger partial charge in [0.1, 0.15) is 11.5 Å². The number of benzene rings is 2. The Morgan fingerprint density at radius 3 is 1.54 bits per heavy atom. The molecule has 0 aliphatic heterocycles. The summed E-state index contributed by atoms with van der Waals surface area (Å²) in [5.74, 6) is 0.407. The molecule has 26 heavy (non-hydrogen) atoms. The molecule has 0 saturated carbocycles. The van der Waals surface area contributed by atoms with Crippen molar-refractivity contribution in [3.8, 4) is 11.5 Å². The van der Waals surface area contributed by atoms with Crippen LogP contribution in [0.4, 0.5) is 0 Å². The number of allylic oxidation sites excluding steroid dienone is 6. The van der Waals surface area contributed by atoms with E-state index in [1.54, 1.807) is 36.4 Å². The van der Waals surface area contributed by atoms with Crippen molar-refractivity contribution in [2.45, 2.75) is 12.8 Å². The lowest BCUT2D eigenvalue weighted by Gasteiger charge is -1.96. The first-order valence-electron chi connectivity index (χ1n) is 8.43. The second-order valence-corrected chi connectivity index (χ2v) is 5.60. The third-order valence-corrected chi connectivity index (χ3v) is 3.58. The fraction of sp³-hybridized carbons (Fsp3) is 0.0870. The number of carbonyl (C=O) groups is 1. The first-order chi connectivity index (χ1) is 12.7. The summed E-state index contributed by atoms with van der Waals surface area (Å²) in [5.41, 5.74) is 1.51. The molecule has 2 aromatic rings. The number of phenols is 2. The molecule has 0 spiro atoms. The average Bonchev–Trinajstić information content (AvgIpc) is 2.64. The minimum Gasteiger partial charge on any atom is -0.507 e. The van der Waals surface area contributed by atoms with Crippen molar-refractivity contribution in [2.75, 3.05) is 0 Å². The van der Waals surface area contributed by atoms with Crippen molar-refractivity contribution < 1.29 is 15.0 Å². The molecule has 0 saturated heterocycles. The van der Waals surface area contributed by atoms with Gasteiger partial charge in [-0.1, -0.05) is 72.9 Å². The zero-order valence-electron chi connectivity index (χ0n) is 14.5. The molecule has 2 N–H and O–H groups in total. The Hall–Kier alpha value is -3.33. The van der Waals surface area contributed by atoms with Crippen LogP contribution in [-0.2, 0) is 4.79 Å². The number of para-hydroxylation sites is 2. The smallest absolute Gasteiger partial charge is 0.178 e. The molecule has 0 atom stereocenters. The van der Waals surface area contributed by atoms with E-state index in [1.165, 1.54) is 12.2 Å². The van der Waals surface area contributed by atoms with Gasteiger partial charge < -0.3 is 10.2 Å². The fourth-order valence-corrected chi connectivity index (χ4v) is 2.23. The van der Waals surface area contributed by atoms with Crippen LogP contribution >= 0.6 is 0 Å². The Morgan fingerprint density at radius 2 is 1.12 bits per heavy atom. The van der Waals surface area contributed by atoms with E-state index in [2.05, 4.69) is 0 Å². The molecular formula is C23H22O3. The highest BCUT2D eigenvalue weighted by Crippen LogP contribution is 2.18. The molecule has 0 aliphatic carbocycles. The van der Waals surface area contributed by atoms with E-state index in [1.807, 2.05) is 48.6 Å². The largest absolute Gasteiger partial charge is 0.507 e. The molecule has 3 nitrogen and oxygen atoms in total.